The zero-order valence-electron chi connectivity index (χ0n) is 10.4. The van der Waals surface area contributed by atoms with E-state index in [1.807, 2.05) is 0 Å². The minimum absolute atomic E-state index is 0.0810. The summed E-state index contributed by atoms with van der Waals surface area (Å²) in [7, 11) is 0. The number of hydrogen-bond donors (Lipinski definition) is 2. The Morgan fingerprint density at radius 3 is 2.50 bits per heavy atom. The molecule has 0 saturated carbocycles. The zero-order chi connectivity index (χ0) is 13.8. The Balaban J connectivity index is 2.86. The van der Waals surface area contributed by atoms with E-state index in [2.05, 4.69) is 5.32 Å². The molecule has 0 aliphatic rings. The quantitative estimate of drug-likeness (QED) is 0.845. The first kappa shape index (κ1) is 14.2. The Hall–Kier alpha value is -1.91. The summed E-state index contributed by atoms with van der Waals surface area (Å²) in [5.74, 6) is -2.23. The van der Waals surface area contributed by atoms with E-state index < -0.39 is 23.2 Å². The minimum atomic E-state index is -1.01. The normalized spacial score (nSPS) is 13.7. The van der Waals surface area contributed by atoms with Crippen molar-refractivity contribution in [2.75, 3.05) is 0 Å². The van der Waals surface area contributed by atoms with Crippen molar-refractivity contribution < 1.29 is 19.1 Å². The molecule has 0 aliphatic heterocycles. The molecule has 1 atom stereocenters. The Labute approximate surface area is 105 Å². The molecule has 0 heterocycles. The first-order chi connectivity index (χ1) is 8.38. The number of hydrogen-bond acceptors (Lipinski definition) is 2. The van der Waals surface area contributed by atoms with Gasteiger partial charge >= 0.3 is 5.97 Å². The smallest absolute Gasteiger partial charge is 0.305 e. The maximum atomic E-state index is 13.4. The summed E-state index contributed by atoms with van der Waals surface area (Å²) in [6.45, 7) is 3.39. The number of carboxylic acids is 1. The Morgan fingerprint density at radius 2 is 2.00 bits per heavy atom. The number of carbonyl (C=O) groups is 2. The minimum Gasteiger partial charge on any atom is -0.481 e. The molecule has 0 spiro atoms. The molecule has 0 aromatic heterocycles. The van der Waals surface area contributed by atoms with Crippen LogP contribution in [0.4, 0.5) is 4.39 Å². The number of aliphatic carboxylic acids is 1. The number of carbonyl (C=O) groups excluding carboxylic acids is 1. The van der Waals surface area contributed by atoms with Crippen molar-refractivity contribution in [1.29, 1.82) is 0 Å². The van der Waals surface area contributed by atoms with Gasteiger partial charge in [0.1, 0.15) is 5.82 Å². The van der Waals surface area contributed by atoms with Gasteiger partial charge < -0.3 is 10.4 Å². The molecule has 1 aromatic carbocycles. The van der Waals surface area contributed by atoms with Crippen molar-refractivity contribution in [3.05, 3.63) is 35.6 Å². The maximum absolute atomic E-state index is 13.4. The molecule has 0 radical (unpaired) electrons. The molecule has 2 N–H and O–H groups in total. The fourth-order valence-corrected chi connectivity index (χ4v) is 1.58. The fraction of sp³-hybridized carbons (Fsp3) is 0.385. The highest BCUT2D eigenvalue weighted by molar-refractivity contribution is 5.95. The van der Waals surface area contributed by atoms with Crippen LogP contribution in [0.1, 0.15) is 37.0 Å². The molecule has 0 bridgehead atoms. The van der Waals surface area contributed by atoms with Crippen molar-refractivity contribution in [3.8, 4) is 0 Å². The van der Waals surface area contributed by atoms with Gasteiger partial charge in [-0.15, -0.1) is 0 Å². The van der Waals surface area contributed by atoms with E-state index in [4.69, 9.17) is 5.11 Å². The molecule has 0 unspecified atom stereocenters. The van der Waals surface area contributed by atoms with E-state index >= 15 is 0 Å². The molecule has 1 amide bonds. The van der Waals surface area contributed by atoms with E-state index in [-0.39, 0.29) is 12.0 Å². The molecule has 0 saturated heterocycles. The van der Waals surface area contributed by atoms with Gasteiger partial charge in [0, 0.05) is 5.54 Å². The van der Waals surface area contributed by atoms with Crippen LogP contribution < -0.4 is 5.32 Å². The second-order valence-corrected chi connectivity index (χ2v) is 4.42. The van der Waals surface area contributed by atoms with Crippen LogP contribution in [0.15, 0.2) is 24.3 Å². The predicted molar refractivity (Wildman–Crippen MR) is 64.8 cm³/mol. The van der Waals surface area contributed by atoms with Crippen LogP contribution in [0.25, 0.3) is 0 Å². The average molecular weight is 253 g/mol. The Bertz CT molecular complexity index is 461. The van der Waals surface area contributed by atoms with Gasteiger partial charge in [0.2, 0.25) is 0 Å². The largest absolute Gasteiger partial charge is 0.481 e. The van der Waals surface area contributed by atoms with E-state index in [9.17, 15) is 14.0 Å². The first-order valence-electron chi connectivity index (χ1n) is 5.67. The molecular formula is C13H16FNO3. The molecule has 4 nitrogen and oxygen atoms in total. The van der Waals surface area contributed by atoms with E-state index in [1.54, 1.807) is 19.9 Å². The van der Waals surface area contributed by atoms with Gasteiger partial charge in [-0.1, -0.05) is 19.1 Å². The van der Waals surface area contributed by atoms with Gasteiger partial charge in [0.05, 0.1) is 12.0 Å². The SMILES string of the molecule is CC[C@@](C)(CC(=O)O)NC(=O)c1ccccc1F. The van der Waals surface area contributed by atoms with Gasteiger partial charge in [-0.3, -0.25) is 9.59 Å². The fourth-order valence-electron chi connectivity index (χ4n) is 1.58. The van der Waals surface area contributed by atoms with Gasteiger partial charge in [-0.05, 0) is 25.5 Å². The molecule has 1 rings (SSSR count). The second-order valence-electron chi connectivity index (χ2n) is 4.42. The average Bonchev–Trinajstić information content (AvgIpc) is 2.28. The van der Waals surface area contributed by atoms with Crippen LogP contribution in [0, 0.1) is 5.82 Å². The van der Waals surface area contributed by atoms with Crippen LogP contribution in [-0.2, 0) is 4.79 Å². The molecule has 18 heavy (non-hydrogen) atoms. The van der Waals surface area contributed by atoms with E-state index in [1.165, 1.54) is 18.2 Å². The highest BCUT2D eigenvalue weighted by atomic mass is 19.1. The Kier molecular flexibility index (Phi) is 4.42. The van der Waals surface area contributed by atoms with Gasteiger partial charge in [0.15, 0.2) is 0 Å². The monoisotopic (exact) mass is 253 g/mol. The molecule has 0 fully saturated rings. The van der Waals surface area contributed by atoms with Crippen molar-refractivity contribution in [2.45, 2.75) is 32.2 Å². The standard InChI is InChI=1S/C13H16FNO3/c1-3-13(2,8-11(16)17)15-12(18)9-6-4-5-7-10(9)14/h4-7H,3,8H2,1-2H3,(H,15,18)(H,16,17)/t13-/m0/s1. The Morgan fingerprint density at radius 1 is 1.39 bits per heavy atom. The highest BCUT2D eigenvalue weighted by Crippen LogP contribution is 2.16. The van der Waals surface area contributed by atoms with Crippen molar-refractivity contribution in [3.63, 3.8) is 0 Å². The van der Waals surface area contributed by atoms with E-state index in [0.29, 0.717) is 6.42 Å². The third kappa shape index (κ3) is 3.55. The van der Waals surface area contributed by atoms with Crippen LogP contribution in [0.2, 0.25) is 0 Å². The summed E-state index contributed by atoms with van der Waals surface area (Å²) >= 11 is 0. The summed E-state index contributed by atoms with van der Waals surface area (Å²) < 4.78 is 13.4. The summed E-state index contributed by atoms with van der Waals surface area (Å²) in [6.07, 6.45) is 0.239. The number of benzene rings is 1. The predicted octanol–water partition coefficient (Wildman–Crippen LogP) is 2.20. The lowest BCUT2D eigenvalue weighted by Gasteiger charge is -2.28. The van der Waals surface area contributed by atoms with Crippen LogP contribution in [0.5, 0.6) is 0 Å². The van der Waals surface area contributed by atoms with Crippen molar-refractivity contribution >= 4 is 11.9 Å². The maximum Gasteiger partial charge on any atom is 0.305 e. The lowest BCUT2D eigenvalue weighted by Crippen LogP contribution is -2.47. The lowest BCUT2D eigenvalue weighted by atomic mass is 9.94. The van der Waals surface area contributed by atoms with Crippen LogP contribution in [-0.4, -0.2) is 22.5 Å². The van der Waals surface area contributed by atoms with Crippen molar-refractivity contribution in [2.24, 2.45) is 0 Å². The number of nitrogens with one attached hydrogen (secondary N) is 1. The third-order valence-corrected chi connectivity index (χ3v) is 2.86. The number of halogens is 1. The van der Waals surface area contributed by atoms with Crippen LogP contribution >= 0.6 is 0 Å². The molecule has 98 valence electrons. The summed E-state index contributed by atoms with van der Waals surface area (Å²) in [4.78, 5) is 22.6. The number of amides is 1. The molecule has 5 heteroatoms. The summed E-state index contributed by atoms with van der Waals surface area (Å²) in [5.41, 5.74) is -0.965. The van der Waals surface area contributed by atoms with Crippen molar-refractivity contribution in [1.82, 2.24) is 5.32 Å². The van der Waals surface area contributed by atoms with Crippen LogP contribution in [0.3, 0.4) is 0 Å². The van der Waals surface area contributed by atoms with Gasteiger partial charge in [-0.2, -0.15) is 0 Å². The molecule has 1 aromatic rings. The van der Waals surface area contributed by atoms with Gasteiger partial charge in [0.25, 0.3) is 5.91 Å². The zero-order valence-corrected chi connectivity index (χ0v) is 10.4. The molecular weight excluding hydrogens is 237 g/mol. The third-order valence-electron chi connectivity index (χ3n) is 2.86. The number of carboxylic acid groups (broad SMARTS) is 1. The number of rotatable bonds is 5. The first-order valence-corrected chi connectivity index (χ1v) is 5.67. The summed E-state index contributed by atoms with van der Waals surface area (Å²) in [6, 6.07) is 5.60. The topological polar surface area (TPSA) is 66.4 Å². The summed E-state index contributed by atoms with van der Waals surface area (Å²) in [5, 5.41) is 11.4. The van der Waals surface area contributed by atoms with Gasteiger partial charge in [-0.25, -0.2) is 4.39 Å². The van der Waals surface area contributed by atoms with E-state index in [0.717, 1.165) is 0 Å². The molecule has 0 aliphatic carbocycles. The highest BCUT2D eigenvalue weighted by Gasteiger charge is 2.28. The lowest BCUT2D eigenvalue weighted by molar-refractivity contribution is -0.138. The second kappa shape index (κ2) is 5.62.